The van der Waals surface area contributed by atoms with E-state index in [1.165, 1.54) is 63.5 Å². The first-order valence-electron chi connectivity index (χ1n) is 14.9. The minimum absolute atomic E-state index is 0.211. The van der Waals surface area contributed by atoms with Crippen LogP contribution in [0.4, 0.5) is 8.78 Å². The zero-order valence-corrected chi connectivity index (χ0v) is 22.9. The summed E-state index contributed by atoms with van der Waals surface area (Å²) in [6.45, 7) is 4.01. The van der Waals surface area contributed by atoms with Crippen LogP contribution in [0.2, 0.25) is 0 Å². The van der Waals surface area contributed by atoms with E-state index >= 15 is 0 Å². The lowest BCUT2D eigenvalue weighted by atomic mass is 9.60. The van der Waals surface area contributed by atoms with Gasteiger partial charge in [0, 0.05) is 0 Å². The topological polar surface area (TPSA) is 26.3 Å². The number of hydrogen-bond acceptors (Lipinski definition) is 2. The highest BCUT2D eigenvalue weighted by molar-refractivity contribution is 5.75. The normalized spacial score (nSPS) is 30.5. The van der Waals surface area contributed by atoms with Crippen molar-refractivity contribution in [1.29, 1.82) is 0 Å². The summed E-state index contributed by atoms with van der Waals surface area (Å²) in [6.07, 6.45) is 24.0. The first-order valence-corrected chi connectivity index (χ1v) is 14.9. The molecule has 0 amide bonds. The Morgan fingerprint density at radius 2 is 1.43 bits per heavy atom. The second-order valence-electron chi connectivity index (χ2n) is 11.9. The molecule has 1 aromatic rings. The third kappa shape index (κ3) is 7.33. The fourth-order valence-corrected chi connectivity index (χ4v) is 7.48. The summed E-state index contributed by atoms with van der Waals surface area (Å²) in [5, 5.41) is 0. The molecule has 0 spiro atoms. The minimum atomic E-state index is -1.05. The highest BCUT2D eigenvalue weighted by Gasteiger charge is 2.39. The summed E-state index contributed by atoms with van der Waals surface area (Å²) < 4.78 is 34.4. The average molecular weight is 513 g/mol. The van der Waals surface area contributed by atoms with Gasteiger partial charge in [0.1, 0.15) is 0 Å². The first kappa shape index (κ1) is 28.0. The molecule has 0 aromatic heterocycles. The van der Waals surface area contributed by atoms with Crippen LogP contribution in [-0.2, 0) is 11.2 Å². The quantitative estimate of drug-likeness (QED) is 0.187. The van der Waals surface area contributed by atoms with E-state index in [2.05, 4.69) is 19.1 Å². The third-order valence-corrected chi connectivity index (χ3v) is 9.66. The van der Waals surface area contributed by atoms with Crippen LogP contribution in [0.3, 0.4) is 0 Å². The van der Waals surface area contributed by atoms with Crippen LogP contribution in [0.1, 0.15) is 103 Å². The van der Waals surface area contributed by atoms with E-state index in [4.69, 9.17) is 4.74 Å². The Bertz CT molecular complexity index is 944. The zero-order chi connectivity index (χ0) is 26.2. The van der Waals surface area contributed by atoms with Gasteiger partial charge in [0.25, 0.3) is 0 Å². The molecule has 0 saturated heterocycles. The molecule has 0 aliphatic heterocycles. The summed E-state index contributed by atoms with van der Waals surface area (Å²) in [4.78, 5) is 12.8. The number of aryl methyl sites for hydroxylation is 1. The van der Waals surface area contributed by atoms with Gasteiger partial charge in [-0.15, -0.1) is 0 Å². The number of hydrogen-bond donors (Lipinski definition) is 0. The average Bonchev–Trinajstić information content (AvgIpc) is 2.92. The van der Waals surface area contributed by atoms with Crippen LogP contribution in [0, 0.1) is 47.1 Å². The van der Waals surface area contributed by atoms with Gasteiger partial charge in [-0.2, -0.15) is 4.39 Å². The van der Waals surface area contributed by atoms with Gasteiger partial charge >= 0.3 is 5.97 Å². The first-order chi connectivity index (χ1) is 18.0. The molecule has 1 aromatic carbocycles. The second kappa shape index (κ2) is 13.7. The molecule has 3 fully saturated rings. The molecule has 4 rings (SSSR count). The van der Waals surface area contributed by atoms with Gasteiger partial charge in [0.15, 0.2) is 11.6 Å². The number of allylic oxidation sites excluding steroid dienone is 4. The van der Waals surface area contributed by atoms with Crippen molar-refractivity contribution in [2.45, 2.75) is 104 Å². The third-order valence-electron chi connectivity index (χ3n) is 9.66. The van der Waals surface area contributed by atoms with Crippen molar-refractivity contribution < 1.29 is 18.3 Å². The summed E-state index contributed by atoms with van der Waals surface area (Å²) in [7, 11) is 0. The van der Waals surface area contributed by atoms with Crippen molar-refractivity contribution in [2.75, 3.05) is 0 Å². The van der Waals surface area contributed by atoms with Gasteiger partial charge in [0.05, 0.1) is 5.92 Å². The Balaban J connectivity index is 1.22. The highest BCUT2D eigenvalue weighted by atomic mass is 19.2. The van der Waals surface area contributed by atoms with E-state index in [1.807, 2.05) is 19.1 Å². The van der Waals surface area contributed by atoms with E-state index in [0.717, 1.165) is 49.4 Å². The van der Waals surface area contributed by atoms with Crippen LogP contribution in [0.5, 0.6) is 5.75 Å². The lowest BCUT2D eigenvalue weighted by Gasteiger charge is -2.45. The predicted octanol–water partition coefficient (Wildman–Crippen LogP) is 9.37. The molecule has 4 atom stereocenters. The summed E-state index contributed by atoms with van der Waals surface area (Å²) in [5.74, 6) is 1.39. The molecule has 3 saturated carbocycles. The van der Waals surface area contributed by atoms with Crippen LogP contribution in [-0.4, -0.2) is 5.97 Å². The van der Waals surface area contributed by atoms with E-state index in [-0.39, 0.29) is 11.7 Å². The molecule has 4 unspecified atom stereocenters. The van der Waals surface area contributed by atoms with Gasteiger partial charge in [-0.25, -0.2) is 4.39 Å². The number of halogens is 2. The van der Waals surface area contributed by atoms with E-state index < -0.39 is 17.6 Å². The highest BCUT2D eigenvalue weighted by Crippen LogP contribution is 2.49. The smallest absolute Gasteiger partial charge is 0.314 e. The predicted molar refractivity (Wildman–Crippen MR) is 146 cm³/mol. The molecule has 2 nitrogen and oxygen atoms in total. The molecule has 3 aliphatic carbocycles. The van der Waals surface area contributed by atoms with Crippen LogP contribution >= 0.6 is 0 Å². The zero-order valence-electron chi connectivity index (χ0n) is 22.9. The maximum Gasteiger partial charge on any atom is 0.314 e. The fraction of sp³-hybridized carbons (Fsp3) is 0.667. The van der Waals surface area contributed by atoms with Gasteiger partial charge in [-0.1, -0.05) is 36.8 Å². The number of carbonyl (C=O) groups is 1. The van der Waals surface area contributed by atoms with E-state index in [1.54, 1.807) is 0 Å². The van der Waals surface area contributed by atoms with Crippen molar-refractivity contribution in [3.05, 3.63) is 53.6 Å². The van der Waals surface area contributed by atoms with Crippen molar-refractivity contribution in [3.63, 3.8) is 0 Å². The monoisotopic (exact) mass is 512 g/mol. The number of carbonyl (C=O) groups excluding carboxylic acids is 1. The Morgan fingerprint density at radius 1 is 0.811 bits per heavy atom. The molecule has 0 radical (unpaired) electrons. The summed E-state index contributed by atoms with van der Waals surface area (Å²) in [5.41, 5.74) is 0.313. The van der Waals surface area contributed by atoms with Crippen molar-refractivity contribution in [1.82, 2.24) is 0 Å². The Hall–Kier alpha value is -1.97. The number of benzene rings is 1. The molecule has 0 N–H and O–H groups in total. The van der Waals surface area contributed by atoms with Crippen LogP contribution in [0.25, 0.3) is 0 Å². The largest absolute Gasteiger partial charge is 0.423 e. The van der Waals surface area contributed by atoms with Crippen molar-refractivity contribution in [2.24, 2.45) is 35.5 Å². The maximum absolute atomic E-state index is 14.6. The number of ether oxygens (including phenoxy) is 1. The maximum atomic E-state index is 14.6. The Kier molecular flexibility index (Phi) is 10.4. The van der Waals surface area contributed by atoms with E-state index in [9.17, 15) is 13.6 Å². The van der Waals surface area contributed by atoms with Gasteiger partial charge in [-0.3, -0.25) is 4.79 Å². The Morgan fingerprint density at radius 3 is 2.16 bits per heavy atom. The summed E-state index contributed by atoms with van der Waals surface area (Å²) >= 11 is 0. The molecule has 3 aliphatic rings. The van der Waals surface area contributed by atoms with Crippen molar-refractivity contribution >= 4 is 5.97 Å². The molecular formula is C33H46F2O2. The number of fused-ring (bicyclic) bond motifs is 1. The number of esters is 1. The van der Waals surface area contributed by atoms with Gasteiger partial charge in [-0.05, 0) is 139 Å². The number of rotatable bonds is 9. The van der Waals surface area contributed by atoms with Crippen LogP contribution in [0.15, 0.2) is 36.4 Å². The molecule has 0 heterocycles. The van der Waals surface area contributed by atoms with Crippen molar-refractivity contribution in [3.8, 4) is 5.75 Å². The lowest BCUT2D eigenvalue weighted by molar-refractivity contribution is -0.140. The second-order valence-corrected chi connectivity index (χ2v) is 11.9. The van der Waals surface area contributed by atoms with Crippen LogP contribution < -0.4 is 4.74 Å². The lowest BCUT2D eigenvalue weighted by Crippen LogP contribution is -2.35. The molecule has 37 heavy (non-hydrogen) atoms. The summed E-state index contributed by atoms with van der Waals surface area (Å²) in [6, 6.07) is 2.94. The molecule has 204 valence electrons. The SMILES string of the molecule is C/C=C/CCc1ccc(OC(=O)C2CCC(C3CCC4CC(CC/C=C/C)CCC4C3)CC2)c(F)c1F. The standard InChI is InChI=1S/C33H46F2O2/c1-3-5-7-9-23-11-12-29-22-28(18-17-27(29)21-23)24-13-15-26(16-14-24)33(36)37-30-20-19-25(10-8-6-4-2)31(34)32(30)35/h3-6,19-20,23-24,26-29H,7-18,21-22H2,1-2H3/b5-3+,6-4+. The Labute approximate surface area is 222 Å². The molecular weight excluding hydrogens is 466 g/mol. The van der Waals surface area contributed by atoms with Gasteiger partial charge in [0.2, 0.25) is 5.82 Å². The van der Waals surface area contributed by atoms with Gasteiger partial charge < -0.3 is 4.74 Å². The fourth-order valence-electron chi connectivity index (χ4n) is 7.48. The van der Waals surface area contributed by atoms with E-state index in [0.29, 0.717) is 24.3 Å². The molecule has 4 heteroatoms. The molecule has 0 bridgehead atoms. The minimum Gasteiger partial charge on any atom is -0.423 e.